The Kier molecular flexibility index (Phi) is 6.14. The maximum atomic E-state index is 12.1. The minimum Gasteiger partial charge on any atom is -0.352 e. The van der Waals surface area contributed by atoms with Gasteiger partial charge < -0.3 is 15.5 Å². The zero-order chi connectivity index (χ0) is 18.2. The van der Waals surface area contributed by atoms with Gasteiger partial charge in [-0.25, -0.2) is 9.97 Å². The highest BCUT2D eigenvalue weighted by Crippen LogP contribution is 2.15. The summed E-state index contributed by atoms with van der Waals surface area (Å²) in [6, 6.07) is 11.4. The number of nitrogens with zero attached hydrogens (tertiary/aromatic N) is 3. The Labute approximate surface area is 152 Å². The van der Waals surface area contributed by atoms with Gasteiger partial charge in [-0.1, -0.05) is 30.3 Å². The van der Waals surface area contributed by atoms with E-state index in [1.807, 2.05) is 30.3 Å². The number of carbonyl (C=O) groups is 2. The van der Waals surface area contributed by atoms with Crippen LogP contribution in [-0.2, 0) is 16.0 Å². The summed E-state index contributed by atoms with van der Waals surface area (Å²) >= 11 is 0. The zero-order valence-corrected chi connectivity index (χ0v) is 14.6. The highest BCUT2D eigenvalue weighted by molar-refractivity contribution is 5.85. The molecule has 1 aromatic carbocycles. The second kappa shape index (κ2) is 8.94. The van der Waals surface area contributed by atoms with Crippen LogP contribution in [0.1, 0.15) is 18.4 Å². The number of hydrogen-bond acceptors (Lipinski definition) is 5. The molecule has 0 radical (unpaired) electrons. The number of carbonyl (C=O) groups excluding carboxylic acids is 2. The van der Waals surface area contributed by atoms with Crippen molar-refractivity contribution in [1.82, 2.24) is 20.6 Å². The zero-order valence-electron chi connectivity index (χ0n) is 14.6. The maximum absolute atomic E-state index is 12.1. The first-order valence-electron chi connectivity index (χ1n) is 8.82. The summed E-state index contributed by atoms with van der Waals surface area (Å²) in [7, 11) is 0. The molecule has 0 unspecified atom stereocenters. The second-order valence-corrected chi connectivity index (χ2v) is 6.32. The summed E-state index contributed by atoms with van der Waals surface area (Å²) in [5.74, 6) is 0.425. The van der Waals surface area contributed by atoms with E-state index in [0.29, 0.717) is 0 Å². The Bertz CT molecular complexity index is 715. The van der Waals surface area contributed by atoms with Gasteiger partial charge in [-0.3, -0.25) is 9.59 Å². The van der Waals surface area contributed by atoms with Crippen LogP contribution in [0.2, 0.25) is 0 Å². The molecule has 1 aliphatic rings. The topological polar surface area (TPSA) is 87.2 Å². The van der Waals surface area contributed by atoms with E-state index >= 15 is 0 Å². The number of aromatic nitrogens is 2. The third kappa shape index (κ3) is 5.27. The number of anilines is 1. The number of benzene rings is 1. The fourth-order valence-electron chi connectivity index (χ4n) is 2.98. The van der Waals surface area contributed by atoms with E-state index in [2.05, 4.69) is 25.5 Å². The van der Waals surface area contributed by atoms with Gasteiger partial charge in [0.25, 0.3) is 0 Å². The minimum atomic E-state index is -0.152. The van der Waals surface area contributed by atoms with Crippen LogP contribution in [0.5, 0.6) is 0 Å². The summed E-state index contributed by atoms with van der Waals surface area (Å²) in [4.78, 5) is 34.6. The predicted octanol–water partition coefficient (Wildman–Crippen LogP) is 0.920. The van der Waals surface area contributed by atoms with Gasteiger partial charge in [0, 0.05) is 31.5 Å². The van der Waals surface area contributed by atoms with E-state index in [4.69, 9.17) is 0 Å². The Morgan fingerprint density at radius 3 is 2.38 bits per heavy atom. The molecule has 136 valence electrons. The quantitative estimate of drug-likeness (QED) is 0.806. The lowest BCUT2D eigenvalue weighted by Crippen LogP contribution is -2.47. The molecular weight excluding hydrogens is 330 g/mol. The molecule has 0 saturated carbocycles. The van der Waals surface area contributed by atoms with Crippen molar-refractivity contribution < 1.29 is 9.59 Å². The van der Waals surface area contributed by atoms with E-state index < -0.39 is 0 Å². The number of amides is 2. The Balaban J connectivity index is 1.36. The Morgan fingerprint density at radius 1 is 1.00 bits per heavy atom. The van der Waals surface area contributed by atoms with E-state index in [9.17, 15) is 9.59 Å². The van der Waals surface area contributed by atoms with Gasteiger partial charge in [-0.15, -0.1) is 0 Å². The van der Waals surface area contributed by atoms with E-state index in [-0.39, 0.29) is 30.8 Å². The van der Waals surface area contributed by atoms with Crippen molar-refractivity contribution in [2.24, 2.45) is 0 Å². The summed E-state index contributed by atoms with van der Waals surface area (Å²) in [5.41, 5.74) is 0.931. The molecule has 1 fully saturated rings. The van der Waals surface area contributed by atoms with E-state index in [0.717, 1.165) is 37.4 Å². The monoisotopic (exact) mass is 353 g/mol. The Hall–Kier alpha value is -2.96. The predicted molar refractivity (Wildman–Crippen MR) is 98.6 cm³/mol. The normalized spacial score (nSPS) is 14.7. The molecule has 0 spiro atoms. The van der Waals surface area contributed by atoms with Crippen molar-refractivity contribution in [3.05, 3.63) is 54.4 Å². The molecule has 2 heterocycles. The first-order chi connectivity index (χ1) is 12.7. The van der Waals surface area contributed by atoms with Gasteiger partial charge in [0.2, 0.25) is 17.8 Å². The van der Waals surface area contributed by atoms with Crippen LogP contribution in [0.15, 0.2) is 48.8 Å². The van der Waals surface area contributed by atoms with E-state index in [1.165, 1.54) is 0 Å². The maximum Gasteiger partial charge on any atom is 0.239 e. The van der Waals surface area contributed by atoms with E-state index in [1.54, 1.807) is 18.5 Å². The van der Waals surface area contributed by atoms with Gasteiger partial charge in [-0.05, 0) is 24.5 Å². The molecule has 7 heteroatoms. The molecule has 2 N–H and O–H groups in total. The fourth-order valence-corrected chi connectivity index (χ4v) is 2.98. The third-order valence-corrected chi connectivity index (χ3v) is 4.35. The molecule has 1 aliphatic heterocycles. The lowest BCUT2D eigenvalue weighted by Gasteiger charge is -2.32. The van der Waals surface area contributed by atoms with Crippen molar-refractivity contribution in [3.8, 4) is 0 Å². The smallest absolute Gasteiger partial charge is 0.239 e. The fraction of sp³-hybridized carbons (Fsp3) is 0.368. The van der Waals surface area contributed by atoms with Crippen LogP contribution >= 0.6 is 0 Å². The molecule has 3 rings (SSSR count). The molecule has 2 amide bonds. The summed E-state index contributed by atoms with van der Waals surface area (Å²) in [5, 5.41) is 5.66. The summed E-state index contributed by atoms with van der Waals surface area (Å²) in [6.07, 6.45) is 5.41. The molecule has 0 aliphatic carbocycles. The van der Waals surface area contributed by atoms with Crippen LogP contribution in [-0.4, -0.2) is 47.5 Å². The number of piperidine rings is 1. The van der Waals surface area contributed by atoms with Crippen molar-refractivity contribution in [1.29, 1.82) is 0 Å². The molecule has 0 bridgehead atoms. The highest BCUT2D eigenvalue weighted by atomic mass is 16.2. The van der Waals surface area contributed by atoms with Gasteiger partial charge in [0.05, 0.1) is 13.0 Å². The highest BCUT2D eigenvalue weighted by Gasteiger charge is 2.22. The molecular formula is C19H23N5O2. The largest absolute Gasteiger partial charge is 0.352 e. The first kappa shape index (κ1) is 17.8. The molecule has 1 saturated heterocycles. The summed E-state index contributed by atoms with van der Waals surface area (Å²) in [6.45, 7) is 1.61. The third-order valence-electron chi connectivity index (χ3n) is 4.35. The average molecular weight is 353 g/mol. The van der Waals surface area contributed by atoms with Crippen molar-refractivity contribution in [2.75, 3.05) is 24.5 Å². The minimum absolute atomic E-state index is 0.00762. The lowest BCUT2D eigenvalue weighted by atomic mass is 10.1. The van der Waals surface area contributed by atoms with Crippen molar-refractivity contribution >= 4 is 17.8 Å². The van der Waals surface area contributed by atoms with Crippen LogP contribution in [0, 0.1) is 0 Å². The van der Waals surface area contributed by atoms with Crippen molar-refractivity contribution in [3.63, 3.8) is 0 Å². The molecule has 7 nitrogen and oxygen atoms in total. The van der Waals surface area contributed by atoms with Gasteiger partial charge >= 0.3 is 0 Å². The average Bonchev–Trinajstić information content (AvgIpc) is 2.68. The number of hydrogen-bond donors (Lipinski definition) is 2. The van der Waals surface area contributed by atoms with Crippen molar-refractivity contribution in [2.45, 2.75) is 25.3 Å². The van der Waals surface area contributed by atoms with Gasteiger partial charge in [-0.2, -0.15) is 0 Å². The van der Waals surface area contributed by atoms with Crippen LogP contribution < -0.4 is 15.5 Å². The second-order valence-electron chi connectivity index (χ2n) is 6.32. The number of nitrogens with one attached hydrogen (secondary N) is 2. The van der Waals surface area contributed by atoms with Gasteiger partial charge in [0.15, 0.2) is 0 Å². The Morgan fingerprint density at radius 2 is 1.69 bits per heavy atom. The lowest BCUT2D eigenvalue weighted by molar-refractivity contribution is -0.126. The molecule has 26 heavy (non-hydrogen) atoms. The SMILES string of the molecule is O=C(Cc1ccccc1)NCC(=O)NC1CCN(c2ncccn2)CC1. The number of rotatable bonds is 6. The molecule has 1 aromatic heterocycles. The molecule has 2 aromatic rings. The van der Waals surface area contributed by atoms with Crippen LogP contribution in [0.3, 0.4) is 0 Å². The molecule has 0 atom stereocenters. The van der Waals surface area contributed by atoms with Crippen LogP contribution in [0.4, 0.5) is 5.95 Å². The standard InChI is InChI=1S/C19H23N5O2/c25-17(13-15-5-2-1-3-6-15)22-14-18(26)23-16-7-11-24(12-8-16)19-20-9-4-10-21-19/h1-6,9-10,16H,7-8,11-14H2,(H,22,25)(H,23,26). The van der Waals surface area contributed by atoms with Gasteiger partial charge in [0.1, 0.15) is 0 Å². The summed E-state index contributed by atoms with van der Waals surface area (Å²) < 4.78 is 0. The van der Waals surface area contributed by atoms with Crippen LogP contribution in [0.25, 0.3) is 0 Å². The first-order valence-corrected chi connectivity index (χ1v) is 8.82.